The second-order valence-corrected chi connectivity index (χ2v) is 8.45. The highest BCUT2D eigenvalue weighted by Crippen LogP contribution is 2.24. The van der Waals surface area contributed by atoms with Gasteiger partial charge in [0.25, 0.3) is 5.56 Å². The molecule has 0 radical (unpaired) electrons. The summed E-state index contributed by atoms with van der Waals surface area (Å²) in [6.45, 7) is 3.90. The van der Waals surface area contributed by atoms with Gasteiger partial charge in [-0.3, -0.25) is 14.2 Å². The number of methoxy groups -OCH3 is 1. The largest absolute Gasteiger partial charge is 0.495 e. The molecule has 0 fully saturated rings. The smallest absolute Gasteiger partial charge is 0.337 e. The maximum atomic E-state index is 13.4. The molecule has 2 aromatic carbocycles. The lowest BCUT2D eigenvalue weighted by molar-refractivity contribution is 0.0973. The van der Waals surface area contributed by atoms with Crippen LogP contribution in [0.4, 0.5) is 0 Å². The molecule has 0 saturated heterocycles. The van der Waals surface area contributed by atoms with Crippen LogP contribution < -0.4 is 16.0 Å². The Morgan fingerprint density at radius 1 is 1.09 bits per heavy atom. The third-order valence-electron chi connectivity index (χ3n) is 5.26. The van der Waals surface area contributed by atoms with Crippen molar-refractivity contribution in [2.75, 3.05) is 7.11 Å². The number of hydrogen-bond acceptors (Lipinski definition) is 5. The highest BCUT2D eigenvalue weighted by atomic mass is 35.5. The number of nitrogens with zero attached hydrogens (tertiary/aromatic N) is 4. The molecule has 0 aliphatic heterocycles. The minimum absolute atomic E-state index is 0.0418. The number of imidazole rings is 1. The van der Waals surface area contributed by atoms with Crippen molar-refractivity contribution < 1.29 is 9.53 Å². The van der Waals surface area contributed by atoms with E-state index in [1.807, 2.05) is 13.8 Å². The van der Waals surface area contributed by atoms with Crippen molar-refractivity contribution in [2.45, 2.75) is 26.9 Å². The molecule has 0 amide bonds. The lowest BCUT2D eigenvalue weighted by atomic mass is 10.1. The standard InChI is InChI=1S/C24H23ClN4O4/c1-15(2)12-28-23(31)21-22(29(24(28)32)18-10-6-7-11-20(18)33-3)26-14-27(21)13-19(30)16-8-4-5-9-17(16)25/h4-11,14-15H,12-13H2,1-3H3. The van der Waals surface area contributed by atoms with Gasteiger partial charge in [-0.05, 0) is 30.2 Å². The van der Waals surface area contributed by atoms with Crippen LogP contribution in [-0.4, -0.2) is 31.6 Å². The number of benzene rings is 2. The average molecular weight is 467 g/mol. The lowest BCUT2D eigenvalue weighted by Gasteiger charge is -2.15. The van der Waals surface area contributed by atoms with Gasteiger partial charge < -0.3 is 9.30 Å². The fourth-order valence-corrected chi connectivity index (χ4v) is 4.03. The van der Waals surface area contributed by atoms with Crippen LogP contribution in [0.1, 0.15) is 24.2 Å². The van der Waals surface area contributed by atoms with Crippen LogP contribution in [0, 0.1) is 5.92 Å². The molecule has 33 heavy (non-hydrogen) atoms. The summed E-state index contributed by atoms with van der Waals surface area (Å²) in [5.74, 6) is 0.224. The summed E-state index contributed by atoms with van der Waals surface area (Å²) in [6, 6.07) is 13.7. The van der Waals surface area contributed by atoms with E-state index in [1.54, 1.807) is 48.5 Å². The van der Waals surface area contributed by atoms with Gasteiger partial charge in [-0.2, -0.15) is 0 Å². The van der Waals surface area contributed by atoms with E-state index in [0.29, 0.717) is 22.0 Å². The molecular formula is C24H23ClN4O4. The van der Waals surface area contributed by atoms with E-state index in [9.17, 15) is 14.4 Å². The number of fused-ring (bicyclic) bond motifs is 1. The van der Waals surface area contributed by atoms with Crippen LogP contribution in [0.3, 0.4) is 0 Å². The number of carbonyl (C=O) groups is 1. The Hall–Kier alpha value is -3.65. The highest BCUT2D eigenvalue weighted by molar-refractivity contribution is 6.33. The molecule has 0 aliphatic carbocycles. The van der Waals surface area contributed by atoms with Crippen molar-refractivity contribution in [2.24, 2.45) is 5.92 Å². The fourth-order valence-electron chi connectivity index (χ4n) is 3.78. The predicted molar refractivity (Wildman–Crippen MR) is 127 cm³/mol. The van der Waals surface area contributed by atoms with E-state index < -0.39 is 11.2 Å². The van der Waals surface area contributed by atoms with Crippen LogP contribution in [0.5, 0.6) is 5.75 Å². The molecule has 170 valence electrons. The van der Waals surface area contributed by atoms with Crippen LogP contribution in [0.15, 0.2) is 64.4 Å². The minimum Gasteiger partial charge on any atom is -0.495 e. The van der Waals surface area contributed by atoms with Gasteiger partial charge in [0.1, 0.15) is 5.75 Å². The van der Waals surface area contributed by atoms with E-state index in [-0.39, 0.29) is 36.0 Å². The maximum Gasteiger partial charge on any atom is 0.337 e. The summed E-state index contributed by atoms with van der Waals surface area (Å²) in [7, 11) is 1.51. The van der Waals surface area contributed by atoms with Crippen LogP contribution >= 0.6 is 11.6 Å². The zero-order chi connectivity index (χ0) is 23.7. The van der Waals surface area contributed by atoms with Crippen molar-refractivity contribution in [3.05, 3.63) is 86.3 Å². The first-order valence-corrected chi connectivity index (χ1v) is 10.8. The quantitative estimate of drug-likeness (QED) is 0.389. The first kappa shape index (κ1) is 22.5. The Morgan fingerprint density at radius 3 is 2.48 bits per heavy atom. The molecule has 0 spiro atoms. The maximum absolute atomic E-state index is 13.4. The van der Waals surface area contributed by atoms with Gasteiger partial charge >= 0.3 is 5.69 Å². The van der Waals surface area contributed by atoms with Crippen molar-refractivity contribution in [1.29, 1.82) is 0 Å². The number of aromatic nitrogens is 4. The van der Waals surface area contributed by atoms with Crippen LogP contribution in [-0.2, 0) is 13.1 Å². The zero-order valence-corrected chi connectivity index (χ0v) is 19.2. The Balaban J connectivity index is 1.97. The molecule has 4 aromatic rings. The van der Waals surface area contributed by atoms with E-state index in [2.05, 4.69) is 4.98 Å². The number of ether oxygens (including phenoxy) is 1. The van der Waals surface area contributed by atoms with E-state index >= 15 is 0 Å². The van der Waals surface area contributed by atoms with Crippen molar-refractivity contribution >= 4 is 28.5 Å². The van der Waals surface area contributed by atoms with Gasteiger partial charge in [-0.25, -0.2) is 14.3 Å². The van der Waals surface area contributed by atoms with Crippen molar-refractivity contribution in [3.8, 4) is 11.4 Å². The normalized spacial score (nSPS) is 11.3. The average Bonchev–Trinajstić information content (AvgIpc) is 3.20. The summed E-state index contributed by atoms with van der Waals surface area (Å²) >= 11 is 6.18. The molecule has 0 aliphatic rings. The number of ketones is 1. The van der Waals surface area contributed by atoms with Gasteiger partial charge in [0.15, 0.2) is 16.9 Å². The molecule has 0 unspecified atom stereocenters. The van der Waals surface area contributed by atoms with E-state index in [1.165, 1.54) is 27.1 Å². The SMILES string of the molecule is COc1ccccc1-n1c(=O)n(CC(C)C)c(=O)c2c1ncn2CC(=O)c1ccccc1Cl. The van der Waals surface area contributed by atoms with Crippen molar-refractivity contribution in [1.82, 2.24) is 18.7 Å². The molecule has 8 nitrogen and oxygen atoms in total. The molecular weight excluding hydrogens is 444 g/mol. The molecule has 0 bridgehead atoms. The Kier molecular flexibility index (Phi) is 6.20. The lowest BCUT2D eigenvalue weighted by Crippen LogP contribution is -2.41. The Bertz CT molecular complexity index is 1470. The number of para-hydroxylation sites is 2. The topological polar surface area (TPSA) is 88.1 Å². The van der Waals surface area contributed by atoms with Gasteiger partial charge in [0, 0.05) is 12.1 Å². The van der Waals surface area contributed by atoms with Gasteiger partial charge in [0.2, 0.25) is 0 Å². The van der Waals surface area contributed by atoms with E-state index in [0.717, 1.165) is 0 Å². The van der Waals surface area contributed by atoms with Gasteiger partial charge in [0.05, 0.1) is 30.7 Å². The predicted octanol–water partition coefficient (Wildman–Crippen LogP) is 3.55. The van der Waals surface area contributed by atoms with Crippen LogP contribution in [0.25, 0.3) is 16.9 Å². The fraction of sp³-hybridized carbons (Fsp3) is 0.250. The molecule has 4 rings (SSSR count). The second-order valence-electron chi connectivity index (χ2n) is 8.05. The molecule has 0 N–H and O–H groups in total. The Morgan fingerprint density at radius 2 is 1.79 bits per heavy atom. The molecule has 0 atom stereocenters. The van der Waals surface area contributed by atoms with Crippen LogP contribution in [0.2, 0.25) is 5.02 Å². The summed E-state index contributed by atoms with van der Waals surface area (Å²) in [4.78, 5) is 44.1. The Labute approximate surface area is 194 Å². The summed E-state index contributed by atoms with van der Waals surface area (Å²) in [5.41, 5.74) is 0.0903. The number of halogens is 1. The zero-order valence-electron chi connectivity index (χ0n) is 18.5. The van der Waals surface area contributed by atoms with Crippen molar-refractivity contribution in [3.63, 3.8) is 0 Å². The monoisotopic (exact) mass is 466 g/mol. The minimum atomic E-state index is -0.520. The van der Waals surface area contributed by atoms with Gasteiger partial charge in [-0.1, -0.05) is 49.7 Å². The first-order valence-electron chi connectivity index (χ1n) is 10.4. The molecule has 2 aromatic heterocycles. The molecule has 2 heterocycles. The summed E-state index contributed by atoms with van der Waals surface area (Å²) < 4.78 is 9.44. The summed E-state index contributed by atoms with van der Waals surface area (Å²) in [5, 5.41) is 0.329. The second kappa shape index (κ2) is 9.07. The number of hydrogen-bond donors (Lipinski definition) is 0. The van der Waals surface area contributed by atoms with E-state index in [4.69, 9.17) is 16.3 Å². The first-order chi connectivity index (χ1) is 15.8. The molecule has 9 heteroatoms. The number of Topliss-reactive ketones (excluding diaryl/α,β-unsaturated/α-hetero) is 1. The highest BCUT2D eigenvalue weighted by Gasteiger charge is 2.22. The van der Waals surface area contributed by atoms with Gasteiger partial charge in [-0.15, -0.1) is 0 Å². The summed E-state index contributed by atoms with van der Waals surface area (Å²) in [6.07, 6.45) is 1.39. The number of carbonyl (C=O) groups excluding carboxylic acids is 1. The number of rotatable bonds is 7. The third kappa shape index (κ3) is 4.09. The molecule has 0 saturated carbocycles. The third-order valence-corrected chi connectivity index (χ3v) is 5.59.